The first-order valence-corrected chi connectivity index (χ1v) is 5.12. The minimum atomic E-state index is -0.313. The molecule has 15 heavy (non-hydrogen) atoms. The van der Waals surface area contributed by atoms with Crippen molar-refractivity contribution in [2.24, 2.45) is 0 Å². The van der Waals surface area contributed by atoms with Crippen molar-refractivity contribution in [3.05, 3.63) is 18.1 Å². The number of nitrogens with zero attached hydrogens (tertiary/aromatic N) is 1. The fraction of sp³-hybridized carbons (Fsp3) is 0.556. The minimum absolute atomic E-state index is 0.313. The zero-order valence-corrected chi connectivity index (χ0v) is 8.61. The number of hydrogen-bond donors (Lipinski definition) is 2. The zero-order chi connectivity index (χ0) is 10.5. The van der Waals surface area contributed by atoms with Crippen molar-refractivity contribution >= 4 is 7.69 Å². The van der Waals surface area contributed by atoms with Crippen LogP contribution in [0.2, 0.25) is 0 Å². The highest BCUT2D eigenvalue weighted by Crippen LogP contribution is 2.17. The van der Waals surface area contributed by atoms with E-state index in [0.717, 1.165) is 38.5 Å². The molecule has 1 aliphatic heterocycles. The van der Waals surface area contributed by atoms with Crippen molar-refractivity contribution in [3.8, 4) is 5.75 Å². The van der Waals surface area contributed by atoms with Crippen LogP contribution >= 0.6 is 0 Å². The van der Waals surface area contributed by atoms with Gasteiger partial charge in [-0.1, -0.05) is 0 Å². The number of rotatable bonds is 4. The lowest BCUT2D eigenvalue weighted by Crippen LogP contribution is -2.42. The predicted molar refractivity (Wildman–Crippen MR) is 56.9 cm³/mol. The Morgan fingerprint density at radius 1 is 1.53 bits per heavy atom. The van der Waals surface area contributed by atoms with Crippen molar-refractivity contribution in [1.29, 1.82) is 0 Å². The zero-order valence-electron chi connectivity index (χ0n) is 8.61. The summed E-state index contributed by atoms with van der Waals surface area (Å²) in [7, 11) is -0.313. The highest BCUT2D eigenvalue weighted by Gasteiger charge is 2.12. The third-order valence-corrected chi connectivity index (χ3v) is 2.45. The van der Waals surface area contributed by atoms with Crippen LogP contribution in [0.4, 0.5) is 0 Å². The molecule has 1 aromatic heterocycles. The van der Waals surface area contributed by atoms with E-state index in [9.17, 15) is 0 Å². The molecule has 0 aliphatic carbocycles. The summed E-state index contributed by atoms with van der Waals surface area (Å²) in [5.74, 6) is 1.46. The number of hydrogen-bond acceptors (Lipinski definition) is 5. The Bertz CT molecular complexity index is 299. The van der Waals surface area contributed by atoms with Gasteiger partial charge in [-0.25, -0.2) is 0 Å². The van der Waals surface area contributed by atoms with E-state index in [1.54, 1.807) is 0 Å². The molecular weight excluding hydrogens is 195 g/mol. The molecule has 2 rings (SSSR count). The highest BCUT2D eigenvalue weighted by molar-refractivity contribution is 6.17. The fourth-order valence-electron chi connectivity index (χ4n) is 1.68. The lowest BCUT2D eigenvalue weighted by molar-refractivity contribution is 0.216. The van der Waals surface area contributed by atoms with Gasteiger partial charge in [0.2, 0.25) is 0 Å². The van der Waals surface area contributed by atoms with Crippen molar-refractivity contribution in [2.75, 3.05) is 26.2 Å². The third-order valence-electron chi connectivity index (χ3n) is 2.45. The van der Waals surface area contributed by atoms with Crippen LogP contribution in [-0.2, 0) is 6.54 Å². The van der Waals surface area contributed by atoms with Crippen LogP contribution in [0.5, 0.6) is 5.75 Å². The molecule has 0 radical (unpaired) electrons. The second-order valence-corrected chi connectivity index (χ2v) is 3.55. The summed E-state index contributed by atoms with van der Waals surface area (Å²) < 4.78 is 10.2. The molecule has 1 fully saturated rings. The molecule has 1 aliphatic rings. The van der Waals surface area contributed by atoms with Crippen LogP contribution in [0.1, 0.15) is 5.76 Å². The van der Waals surface area contributed by atoms with Gasteiger partial charge in [-0.05, 0) is 0 Å². The number of nitrogens with one attached hydrogen (secondary N) is 1. The number of furan rings is 1. The van der Waals surface area contributed by atoms with Gasteiger partial charge in [0.15, 0.2) is 0 Å². The Morgan fingerprint density at radius 3 is 3.07 bits per heavy atom. The molecule has 0 spiro atoms. The molecular formula is C9H15BN2O3. The Hall–Kier alpha value is -0.975. The first kappa shape index (κ1) is 10.5. The molecule has 1 aromatic rings. The second kappa shape index (κ2) is 5.20. The van der Waals surface area contributed by atoms with Gasteiger partial charge in [-0.3, -0.25) is 4.90 Å². The van der Waals surface area contributed by atoms with Crippen molar-refractivity contribution < 1.29 is 14.1 Å². The van der Waals surface area contributed by atoms with Crippen LogP contribution < -0.4 is 9.97 Å². The quantitative estimate of drug-likeness (QED) is 0.645. The van der Waals surface area contributed by atoms with E-state index < -0.39 is 0 Å². The summed E-state index contributed by atoms with van der Waals surface area (Å²) in [5.41, 5.74) is 0. The molecule has 6 heteroatoms. The molecule has 0 aromatic carbocycles. The normalized spacial score (nSPS) is 17.7. The molecule has 0 atom stereocenters. The smallest absolute Gasteiger partial charge is 0.504 e. The van der Waals surface area contributed by atoms with E-state index >= 15 is 0 Å². The number of piperazine rings is 1. The van der Waals surface area contributed by atoms with Gasteiger partial charge >= 0.3 is 7.69 Å². The van der Waals surface area contributed by atoms with E-state index in [1.807, 2.05) is 6.07 Å². The molecule has 2 N–H and O–H groups in total. The molecule has 1 saturated heterocycles. The van der Waals surface area contributed by atoms with Gasteiger partial charge < -0.3 is 19.4 Å². The lowest BCUT2D eigenvalue weighted by atomic mass is 10.3. The molecule has 0 amide bonds. The summed E-state index contributed by atoms with van der Waals surface area (Å²) in [4.78, 5) is 2.32. The lowest BCUT2D eigenvalue weighted by Gasteiger charge is -2.25. The van der Waals surface area contributed by atoms with Gasteiger partial charge in [0.1, 0.15) is 17.8 Å². The highest BCUT2D eigenvalue weighted by atomic mass is 16.5. The fourth-order valence-corrected chi connectivity index (χ4v) is 1.68. The average Bonchev–Trinajstić information content (AvgIpc) is 2.68. The van der Waals surface area contributed by atoms with Crippen molar-refractivity contribution in [2.45, 2.75) is 6.54 Å². The molecule has 0 unspecified atom stereocenters. The van der Waals surface area contributed by atoms with Gasteiger partial charge in [0, 0.05) is 32.2 Å². The summed E-state index contributed by atoms with van der Waals surface area (Å²) >= 11 is 0. The topological polar surface area (TPSA) is 57.9 Å². The Morgan fingerprint density at radius 2 is 2.33 bits per heavy atom. The van der Waals surface area contributed by atoms with Crippen LogP contribution in [0.15, 0.2) is 16.7 Å². The maximum Gasteiger partial charge on any atom is 0.504 e. The van der Waals surface area contributed by atoms with Gasteiger partial charge in [-0.2, -0.15) is 0 Å². The van der Waals surface area contributed by atoms with Crippen LogP contribution in [0, 0.1) is 0 Å². The minimum Gasteiger partial charge on any atom is -0.537 e. The summed E-state index contributed by atoms with van der Waals surface area (Å²) in [6, 6.07) is 1.82. The maximum atomic E-state index is 8.57. The monoisotopic (exact) mass is 210 g/mol. The van der Waals surface area contributed by atoms with Crippen LogP contribution in [0.25, 0.3) is 0 Å². The molecule has 0 bridgehead atoms. The molecule has 2 heterocycles. The first-order chi connectivity index (χ1) is 7.38. The van der Waals surface area contributed by atoms with Crippen molar-refractivity contribution in [3.63, 3.8) is 0 Å². The average molecular weight is 210 g/mol. The van der Waals surface area contributed by atoms with E-state index in [4.69, 9.17) is 14.1 Å². The standard InChI is InChI=1S/C9H15BN2O3/c13-10-15-9-5-8(14-7-9)6-12-3-1-11-2-4-12/h5,7,10-11,13H,1-4,6H2. The van der Waals surface area contributed by atoms with E-state index in [-0.39, 0.29) is 7.69 Å². The Kier molecular flexibility index (Phi) is 3.66. The van der Waals surface area contributed by atoms with E-state index in [2.05, 4.69) is 10.2 Å². The van der Waals surface area contributed by atoms with Gasteiger partial charge in [-0.15, -0.1) is 0 Å². The van der Waals surface area contributed by atoms with Crippen LogP contribution in [0.3, 0.4) is 0 Å². The summed E-state index contributed by atoms with van der Waals surface area (Å²) in [6.07, 6.45) is 1.52. The Balaban J connectivity index is 1.86. The second-order valence-electron chi connectivity index (χ2n) is 3.55. The Labute approximate surface area is 89.3 Å². The van der Waals surface area contributed by atoms with Crippen molar-refractivity contribution in [1.82, 2.24) is 10.2 Å². The molecule has 82 valence electrons. The SMILES string of the molecule is OBOc1coc(CN2CCNCC2)c1. The van der Waals surface area contributed by atoms with E-state index in [0.29, 0.717) is 5.75 Å². The van der Waals surface area contributed by atoms with Gasteiger partial charge in [0.05, 0.1) is 6.54 Å². The maximum absolute atomic E-state index is 8.57. The summed E-state index contributed by atoms with van der Waals surface area (Å²) in [6.45, 7) is 4.94. The summed E-state index contributed by atoms with van der Waals surface area (Å²) in [5, 5.41) is 11.9. The van der Waals surface area contributed by atoms with Crippen LogP contribution in [-0.4, -0.2) is 43.8 Å². The molecule has 0 saturated carbocycles. The molecule has 5 nitrogen and oxygen atoms in total. The first-order valence-electron chi connectivity index (χ1n) is 5.12. The third kappa shape index (κ3) is 2.99. The predicted octanol–water partition coefficient (Wildman–Crippen LogP) is -0.678. The largest absolute Gasteiger partial charge is 0.537 e. The van der Waals surface area contributed by atoms with E-state index in [1.165, 1.54) is 6.26 Å². The van der Waals surface area contributed by atoms with Gasteiger partial charge in [0.25, 0.3) is 0 Å².